The van der Waals surface area contributed by atoms with Gasteiger partial charge in [0.15, 0.2) is 0 Å². The number of hydrogen-bond donors (Lipinski definition) is 0. The molecule has 0 bridgehead atoms. The average molecular weight is 387 g/mol. The lowest BCUT2D eigenvalue weighted by atomic mass is 10.3. The molecule has 0 aromatic heterocycles. The maximum atomic E-state index is 11.5. The number of likely N-dealkylation sites (N-methyl/N-ethyl adjacent to an activating group) is 1. The van der Waals surface area contributed by atoms with Crippen molar-refractivity contribution in [3.05, 3.63) is 12.7 Å². The highest BCUT2D eigenvalue weighted by molar-refractivity contribution is 5.81. The van der Waals surface area contributed by atoms with Crippen LogP contribution in [-0.2, 0) is 38.1 Å². The number of carbonyl (C=O) groups is 4. The summed E-state index contributed by atoms with van der Waals surface area (Å²) in [4.78, 5) is 47.3. The molecule has 0 saturated carbocycles. The fourth-order valence-electron chi connectivity index (χ4n) is 1.85. The van der Waals surface area contributed by atoms with Gasteiger partial charge in [0, 0.05) is 12.6 Å². The smallest absolute Gasteiger partial charge is 0.330 e. The molecule has 0 unspecified atom stereocenters. The fourth-order valence-corrected chi connectivity index (χ4v) is 1.85. The van der Waals surface area contributed by atoms with Crippen molar-refractivity contribution in [3.8, 4) is 0 Å². The third-order valence-corrected chi connectivity index (χ3v) is 3.42. The van der Waals surface area contributed by atoms with Crippen molar-refractivity contribution in [2.75, 3.05) is 46.1 Å². The van der Waals surface area contributed by atoms with E-state index in [0.717, 1.165) is 19.2 Å². The lowest BCUT2D eigenvalue weighted by Crippen LogP contribution is -2.28. The maximum Gasteiger partial charge on any atom is 0.330 e. The second-order valence-corrected chi connectivity index (χ2v) is 5.31. The van der Waals surface area contributed by atoms with E-state index < -0.39 is 23.9 Å². The molecule has 0 rings (SSSR count). The molecule has 0 saturated heterocycles. The Morgan fingerprint density at radius 2 is 1.22 bits per heavy atom. The second kappa shape index (κ2) is 15.8. The van der Waals surface area contributed by atoms with Gasteiger partial charge in [0.25, 0.3) is 0 Å². The van der Waals surface area contributed by atoms with Gasteiger partial charge in [0.2, 0.25) is 0 Å². The van der Waals surface area contributed by atoms with Gasteiger partial charge in [0.1, 0.15) is 26.4 Å². The van der Waals surface area contributed by atoms with Crippen LogP contribution in [0.15, 0.2) is 12.7 Å². The van der Waals surface area contributed by atoms with E-state index in [1.807, 2.05) is 13.8 Å². The molecule has 0 aliphatic carbocycles. The molecule has 0 aliphatic rings. The number of carbonyl (C=O) groups excluding carboxylic acids is 4. The van der Waals surface area contributed by atoms with Crippen LogP contribution in [0.1, 0.15) is 33.1 Å². The van der Waals surface area contributed by atoms with Gasteiger partial charge < -0.3 is 23.8 Å². The Morgan fingerprint density at radius 1 is 0.741 bits per heavy atom. The van der Waals surface area contributed by atoms with E-state index in [1.165, 1.54) is 0 Å². The summed E-state index contributed by atoms with van der Waals surface area (Å²) in [5, 5.41) is 0. The van der Waals surface area contributed by atoms with E-state index in [2.05, 4.69) is 16.2 Å². The van der Waals surface area contributed by atoms with Crippen LogP contribution in [0.25, 0.3) is 0 Å². The predicted octanol–water partition coefficient (Wildman–Crippen LogP) is 0.857. The van der Waals surface area contributed by atoms with Crippen LogP contribution >= 0.6 is 0 Å². The Labute approximate surface area is 159 Å². The molecule has 0 fully saturated rings. The van der Waals surface area contributed by atoms with E-state index >= 15 is 0 Å². The van der Waals surface area contributed by atoms with Crippen LogP contribution in [0.2, 0.25) is 0 Å². The largest absolute Gasteiger partial charge is 0.465 e. The molecule has 0 aromatic rings. The summed E-state index contributed by atoms with van der Waals surface area (Å²) in [6, 6.07) is 0. The molecule has 9 nitrogen and oxygen atoms in total. The number of nitrogens with zero attached hydrogens (tertiary/aromatic N) is 1. The topological polar surface area (TPSA) is 108 Å². The van der Waals surface area contributed by atoms with Gasteiger partial charge in [-0.25, -0.2) is 4.79 Å². The van der Waals surface area contributed by atoms with Gasteiger partial charge in [-0.05, 0) is 13.1 Å². The fraction of sp³-hybridized carbons (Fsp3) is 0.667. The van der Waals surface area contributed by atoms with Crippen LogP contribution in [0, 0.1) is 0 Å². The monoisotopic (exact) mass is 387 g/mol. The van der Waals surface area contributed by atoms with E-state index in [0.29, 0.717) is 13.2 Å². The van der Waals surface area contributed by atoms with Crippen molar-refractivity contribution >= 4 is 23.9 Å². The summed E-state index contributed by atoms with van der Waals surface area (Å²) < 4.78 is 19.3. The Kier molecular flexibility index (Phi) is 14.4. The highest BCUT2D eigenvalue weighted by Crippen LogP contribution is 1.98. The van der Waals surface area contributed by atoms with Gasteiger partial charge in [-0.1, -0.05) is 20.4 Å². The Bertz CT molecular complexity index is 488. The number of rotatable bonds is 15. The van der Waals surface area contributed by atoms with E-state index in [-0.39, 0.29) is 39.1 Å². The van der Waals surface area contributed by atoms with E-state index in [9.17, 15) is 19.2 Å². The van der Waals surface area contributed by atoms with Crippen molar-refractivity contribution in [2.45, 2.75) is 33.1 Å². The van der Waals surface area contributed by atoms with Crippen LogP contribution < -0.4 is 0 Å². The van der Waals surface area contributed by atoms with Crippen LogP contribution in [0.5, 0.6) is 0 Å². The minimum Gasteiger partial charge on any atom is -0.465 e. The first-order valence-electron chi connectivity index (χ1n) is 8.91. The van der Waals surface area contributed by atoms with Crippen molar-refractivity contribution in [1.82, 2.24) is 4.90 Å². The van der Waals surface area contributed by atoms with Crippen LogP contribution in [0.3, 0.4) is 0 Å². The quantitative estimate of drug-likeness (QED) is 0.175. The third kappa shape index (κ3) is 14.4. The predicted molar refractivity (Wildman–Crippen MR) is 95.7 cm³/mol. The summed E-state index contributed by atoms with van der Waals surface area (Å²) in [5.74, 6) is -2.27. The molecule has 0 heterocycles. The Balaban J connectivity index is 3.67. The molecular formula is C18H29NO8. The number of ether oxygens (including phenoxy) is 4. The highest BCUT2D eigenvalue weighted by Gasteiger charge is 2.11. The number of hydrogen-bond acceptors (Lipinski definition) is 9. The summed E-state index contributed by atoms with van der Waals surface area (Å²) in [7, 11) is 0. The SMILES string of the molecule is C=CC(=O)OCCOC(=O)CCC(=O)OCCC(=O)OCCN(CC)CC. The lowest BCUT2D eigenvalue weighted by molar-refractivity contribution is -0.154. The molecule has 0 spiro atoms. The molecule has 0 aromatic carbocycles. The molecule has 0 radical (unpaired) electrons. The second-order valence-electron chi connectivity index (χ2n) is 5.31. The molecule has 9 heteroatoms. The van der Waals surface area contributed by atoms with Crippen molar-refractivity contribution in [1.29, 1.82) is 0 Å². The highest BCUT2D eigenvalue weighted by atomic mass is 16.6. The average Bonchev–Trinajstić information content (AvgIpc) is 2.66. The van der Waals surface area contributed by atoms with Crippen molar-refractivity contribution in [2.24, 2.45) is 0 Å². The van der Waals surface area contributed by atoms with E-state index in [1.54, 1.807) is 0 Å². The normalized spacial score (nSPS) is 10.2. The first kappa shape index (κ1) is 24.6. The molecule has 27 heavy (non-hydrogen) atoms. The molecular weight excluding hydrogens is 358 g/mol. The Morgan fingerprint density at radius 3 is 1.78 bits per heavy atom. The van der Waals surface area contributed by atoms with Crippen LogP contribution in [-0.4, -0.2) is 74.8 Å². The summed E-state index contributed by atoms with van der Waals surface area (Å²) in [5.41, 5.74) is 0. The maximum absolute atomic E-state index is 11.5. The minimum atomic E-state index is -0.614. The van der Waals surface area contributed by atoms with Crippen molar-refractivity contribution in [3.63, 3.8) is 0 Å². The number of esters is 4. The van der Waals surface area contributed by atoms with Crippen molar-refractivity contribution < 1.29 is 38.1 Å². The summed E-state index contributed by atoms with van der Waals surface area (Å²) in [6.45, 7) is 9.70. The van der Waals surface area contributed by atoms with Gasteiger partial charge >= 0.3 is 23.9 Å². The zero-order valence-corrected chi connectivity index (χ0v) is 16.1. The van der Waals surface area contributed by atoms with E-state index in [4.69, 9.17) is 14.2 Å². The van der Waals surface area contributed by atoms with Gasteiger partial charge in [-0.15, -0.1) is 0 Å². The first-order valence-corrected chi connectivity index (χ1v) is 8.91. The van der Waals surface area contributed by atoms with Crippen LogP contribution in [0.4, 0.5) is 0 Å². The lowest BCUT2D eigenvalue weighted by Gasteiger charge is -2.17. The first-order chi connectivity index (χ1) is 12.9. The molecule has 0 atom stereocenters. The van der Waals surface area contributed by atoms with Gasteiger partial charge in [0.05, 0.1) is 19.3 Å². The summed E-state index contributed by atoms with van der Waals surface area (Å²) in [6.07, 6.45) is 0.632. The summed E-state index contributed by atoms with van der Waals surface area (Å²) >= 11 is 0. The zero-order valence-electron chi connectivity index (χ0n) is 16.1. The van der Waals surface area contributed by atoms with Gasteiger partial charge in [-0.2, -0.15) is 0 Å². The Hall–Kier alpha value is -2.42. The molecule has 0 aliphatic heterocycles. The molecule has 154 valence electrons. The molecule has 0 amide bonds. The third-order valence-electron chi connectivity index (χ3n) is 3.42. The standard InChI is InChI=1S/C18H29NO8/c1-4-15(20)26-13-14-27-17(22)8-7-16(21)24-11-9-18(23)25-12-10-19(5-2)6-3/h4H,1,5-14H2,2-3H3. The zero-order chi connectivity index (χ0) is 20.5. The van der Waals surface area contributed by atoms with Gasteiger partial charge in [-0.3, -0.25) is 14.4 Å². The minimum absolute atomic E-state index is 0.0386. The molecule has 0 N–H and O–H groups in total.